The summed E-state index contributed by atoms with van der Waals surface area (Å²) in [5, 5.41) is 8.36. The van der Waals surface area contributed by atoms with Crippen LogP contribution in [0.4, 0.5) is 0 Å². The number of hydrogen-bond donors (Lipinski definition) is 1. The van der Waals surface area contributed by atoms with Crippen molar-refractivity contribution in [3.8, 4) is 12.3 Å². The van der Waals surface area contributed by atoms with Gasteiger partial charge in [0.25, 0.3) is 0 Å². The van der Waals surface area contributed by atoms with Crippen LogP contribution < -0.4 is 0 Å². The van der Waals surface area contributed by atoms with E-state index in [9.17, 15) is 9.59 Å². The van der Waals surface area contributed by atoms with E-state index in [1.54, 1.807) is 6.92 Å². The van der Waals surface area contributed by atoms with E-state index in [1.807, 2.05) is 0 Å². The molecule has 1 unspecified atom stereocenters. The highest BCUT2D eigenvalue weighted by atomic mass is 16.5. The second kappa shape index (κ2) is 7.86. The van der Waals surface area contributed by atoms with Gasteiger partial charge >= 0.3 is 11.9 Å². The van der Waals surface area contributed by atoms with Crippen LogP contribution in [0.5, 0.6) is 0 Å². The van der Waals surface area contributed by atoms with Crippen LogP contribution in [0.25, 0.3) is 0 Å². The van der Waals surface area contributed by atoms with E-state index in [-0.39, 0.29) is 12.4 Å². The van der Waals surface area contributed by atoms with Crippen LogP contribution in [0.15, 0.2) is 0 Å². The summed E-state index contributed by atoms with van der Waals surface area (Å²) >= 11 is 0. The summed E-state index contributed by atoms with van der Waals surface area (Å²) in [6.45, 7) is 1.63. The molecular formula is C11H16O4. The summed E-state index contributed by atoms with van der Waals surface area (Å²) < 4.78 is 4.84. The third-order valence-electron chi connectivity index (χ3n) is 1.81. The van der Waals surface area contributed by atoms with Crippen LogP contribution in [-0.2, 0) is 14.3 Å². The van der Waals surface area contributed by atoms with Crippen LogP contribution in [0.2, 0.25) is 0 Å². The minimum Gasteiger partial charge on any atom is -0.481 e. The van der Waals surface area contributed by atoms with Gasteiger partial charge < -0.3 is 9.84 Å². The molecule has 1 N–H and O–H groups in total. The second-order valence-electron chi connectivity index (χ2n) is 3.25. The Morgan fingerprint density at radius 2 is 1.93 bits per heavy atom. The molecule has 0 bridgehead atoms. The van der Waals surface area contributed by atoms with Crippen LogP contribution in [-0.4, -0.2) is 23.1 Å². The maximum Gasteiger partial charge on any atom is 0.307 e. The Labute approximate surface area is 89.6 Å². The molecule has 0 aromatic heterocycles. The number of aliphatic carboxylic acids is 1. The van der Waals surface area contributed by atoms with Gasteiger partial charge in [0.1, 0.15) is 0 Å². The molecule has 0 saturated carbocycles. The SMILES string of the molecule is C#CC(C)OC(=O)CCCCCC(=O)O. The van der Waals surface area contributed by atoms with Crippen molar-refractivity contribution in [1.82, 2.24) is 0 Å². The summed E-state index contributed by atoms with van der Waals surface area (Å²) in [5.41, 5.74) is 0. The first-order valence-corrected chi connectivity index (χ1v) is 4.93. The Kier molecular flexibility index (Phi) is 7.08. The fraction of sp³-hybridized carbons (Fsp3) is 0.636. The van der Waals surface area contributed by atoms with Crippen molar-refractivity contribution in [2.75, 3.05) is 0 Å². The lowest BCUT2D eigenvalue weighted by Gasteiger charge is -2.06. The predicted octanol–water partition coefficient (Wildman–Crippen LogP) is 1.59. The molecule has 0 amide bonds. The molecule has 0 radical (unpaired) electrons. The lowest BCUT2D eigenvalue weighted by atomic mass is 10.1. The maximum absolute atomic E-state index is 11.1. The number of terminal acetylenes is 1. The molecule has 0 fully saturated rings. The summed E-state index contributed by atoms with van der Waals surface area (Å²) in [4.78, 5) is 21.2. The lowest BCUT2D eigenvalue weighted by Crippen LogP contribution is -2.12. The fourth-order valence-electron chi connectivity index (χ4n) is 1.01. The second-order valence-corrected chi connectivity index (χ2v) is 3.25. The van der Waals surface area contributed by atoms with Gasteiger partial charge in [-0.15, -0.1) is 6.42 Å². The van der Waals surface area contributed by atoms with Gasteiger partial charge in [-0.25, -0.2) is 0 Å². The Bertz CT molecular complexity index is 252. The Morgan fingerprint density at radius 3 is 2.47 bits per heavy atom. The Morgan fingerprint density at radius 1 is 1.33 bits per heavy atom. The Hall–Kier alpha value is -1.50. The monoisotopic (exact) mass is 212 g/mol. The van der Waals surface area contributed by atoms with Gasteiger partial charge in [0, 0.05) is 12.8 Å². The molecule has 0 aliphatic heterocycles. The number of carbonyl (C=O) groups excluding carboxylic acids is 1. The van der Waals surface area contributed by atoms with E-state index in [2.05, 4.69) is 5.92 Å². The van der Waals surface area contributed by atoms with Gasteiger partial charge in [0.2, 0.25) is 0 Å². The van der Waals surface area contributed by atoms with Gasteiger partial charge in [-0.2, -0.15) is 0 Å². The van der Waals surface area contributed by atoms with Crippen molar-refractivity contribution in [1.29, 1.82) is 0 Å². The van der Waals surface area contributed by atoms with E-state index in [0.717, 1.165) is 0 Å². The first-order valence-electron chi connectivity index (χ1n) is 4.93. The van der Waals surface area contributed by atoms with Crippen molar-refractivity contribution in [2.24, 2.45) is 0 Å². The quantitative estimate of drug-likeness (QED) is 0.395. The number of unbranched alkanes of at least 4 members (excludes halogenated alkanes) is 2. The first-order chi connectivity index (χ1) is 7.06. The fourth-order valence-corrected chi connectivity index (χ4v) is 1.01. The molecule has 0 aromatic carbocycles. The van der Waals surface area contributed by atoms with Gasteiger partial charge in [-0.1, -0.05) is 12.3 Å². The van der Waals surface area contributed by atoms with Crippen molar-refractivity contribution in [2.45, 2.75) is 45.1 Å². The predicted molar refractivity (Wildman–Crippen MR) is 55.1 cm³/mol. The molecule has 0 aromatic rings. The van der Waals surface area contributed by atoms with E-state index in [1.165, 1.54) is 0 Å². The summed E-state index contributed by atoms with van der Waals surface area (Å²) in [6, 6.07) is 0. The first kappa shape index (κ1) is 13.5. The average molecular weight is 212 g/mol. The van der Waals surface area contributed by atoms with E-state index in [0.29, 0.717) is 25.7 Å². The Balaban J connectivity index is 3.40. The molecule has 0 saturated heterocycles. The number of rotatable bonds is 7. The number of hydrogen-bond acceptors (Lipinski definition) is 3. The minimum atomic E-state index is -0.807. The molecule has 0 spiro atoms. The minimum absolute atomic E-state index is 0.149. The molecule has 4 heteroatoms. The largest absolute Gasteiger partial charge is 0.481 e. The van der Waals surface area contributed by atoms with Crippen LogP contribution in [0, 0.1) is 12.3 Å². The molecule has 4 nitrogen and oxygen atoms in total. The highest BCUT2D eigenvalue weighted by molar-refractivity contribution is 5.69. The van der Waals surface area contributed by atoms with E-state index < -0.39 is 12.1 Å². The van der Waals surface area contributed by atoms with Gasteiger partial charge in [-0.05, 0) is 19.8 Å². The molecule has 0 heterocycles. The standard InChI is InChI=1S/C11H16O4/c1-3-9(2)15-11(14)8-6-4-5-7-10(12)13/h1,9H,4-8H2,2H3,(H,12,13). The van der Waals surface area contributed by atoms with Crippen molar-refractivity contribution >= 4 is 11.9 Å². The van der Waals surface area contributed by atoms with E-state index in [4.69, 9.17) is 16.3 Å². The summed E-state index contributed by atoms with van der Waals surface area (Å²) in [6.07, 6.45) is 6.94. The summed E-state index contributed by atoms with van der Waals surface area (Å²) in [7, 11) is 0. The number of esters is 1. The van der Waals surface area contributed by atoms with E-state index >= 15 is 0 Å². The number of carbonyl (C=O) groups is 2. The van der Waals surface area contributed by atoms with Crippen molar-refractivity contribution < 1.29 is 19.4 Å². The number of ether oxygens (including phenoxy) is 1. The molecular weight excluding hydrogens is 196 g/mol. The van der Waals surface area contributed by atoms with Crippen LogP contribution in [0.1, 0.15) is 39.0 Å². The molecule has 0 aliphatic rings. The van der Waals surface area contributed by atoms with Gasteiger partial charge in [0.15, 0.2) is 6.10 Å². The summed E-state index contributed by atoms with van der Waals surface area (Å²) in [5.74, 6) is 1.16. The number of carboxylic acids is 1. The zero-order valence-corrected chi connectivity index (χ0v) is 8.86. The third-order valence-corrected chi connectivity index (χ3v) is 1.81. The zero-order valence-electron chi connectivity index (χ0n) is 8.86. The van der Waals surface area contributed by atoms with Crippen LogP contribution in [0.3, 0.4) is 0 Å². The molecule has 1 atom stereocenters. The number of carboxylic acid groups (broad SMARTS) is 1. The van der Waals surface area contributed by atoms with Gasteiger partial charge in [0.05, 0.1) is 0 Å². The maximum atomic E-state index is 11.1. The molecule has 0 rings (SSSR count). The lowest BCUT2D eigenvalue weighted by molar-refractivity contribution is -0.145. The molecule has 0 aliphatic carbocycles. The highest BCUT2D eigenvalue weighted by Crippen LogP contribution is 2.05. The van der Waals surface area contributed by atoms with Crippen molar-refractivity contribution in [3.63, 3.8) is 0 Å². The normalized spacial score (nSPS) is 11.5. The topological polar surface area (TPSA) is 63.6 Å². The highest BCUT2D eigenvalue weighted by Gasteiger charge is 2.06. The van der Waals surface area contributed by atoms with Crippen LogP contribution >= 0.6 is 0 Å². The zero-order chi connectivity index (χ0) is 11.7. The smallest absolute Gasteiger partial charge is 0.307 e. The molecule has 15 heavy (non-hydrogen) atoms. The molecule has 84 valence electrons. The van der Waals surface area contributed by atoms with Gasteiger partial charge in [-0.3, -0.25) is 9.59 Å². The third kappa shape index (κ3) is 8.82. The average Bonchev–Trinajstić information content (AvgIpc) is 2.16. The van der Waals surface area contributed by atoms with Crippen molar-refractivity contribution in [3.05, 3.63) is 0 Å².